The molecular weight excluding hydrogens is 318 g/mol. The van der Waals surface area contributed by atoms with Crippen molar-refractivity contribution in [3.8, 4) is 5.75 Å². The number of nitrogens with one attached hydrogen (secondary N) is 1. The van der Waals surface area contributed by atoms with Gasteiger partial charge >= 0.3 is 5.97 Å². The van der Waals surface area contributed by atoms with E-state index in [1.807, 2.05) is 56.3 Å². The van der Waals surface area contributed by atoms with E-state index in [9.17, 15) is 9.59 Å². The van der Waals surface area contributed by atoms with Gasteiger partial charge in [0, 0.05) is 5.69 Å². The molecule has 0 heterocycles. The minimum absolute atomic E-state index is 0.0798. The van der Waals surface area contributed by atoms with Crippen molar-refractivity contribution in [1.82, 2.24) is 0 Å². The van der Waals surface area contributed by atoms with Crippen LogP contribution in [0.15, 0.2) is 48.5 Å². The number of ether oxygens (including phenoxy) is 1. The second kappa shape index (κ2) is 6.97. The molecule has 3 atom stereocenters. The average molecular weight is 339 g/mol. The molecule has 2 aromatic rings. The highest BCUT2D eigenvalue weighted by Crippen LogP contribution is 2.39. The lowest BCUT2D eigenvalue weighted by atomic mass is 10.1. The first-order valence-electron chi connectivity index (χ1n) is 8.31. The molecule has 3 rings (SSSR count). The van der Waals surface area contributed by atoms with Crippen molar-refractivity contribution in [3.05, 3.63) is 59.7 Å². The summed E-state index contributed by atoms with van der Waals surface area (Å²) in [6.07, 6.45) is 0.333. The van der Waals surface area contributed by atoms with E-state index in [1.54, 1.807) is 6.07 Å². The number of carboxylic acid groups (broad SMARTS) is 1. The molecule has 1 fully saturated rings. The predicted octanol–water partition coefficient (Wildman–Crippen LogP) is 3.79. The first-order valence-corrected chi connectivity index (χ1v) is 8.31. The van der Waals surface area contributed by atoms with Crippen molar-refractivity contribution in [1.29, 1.82) is 0 Å². The maximum atomic E-state index is 12.1. The van der Waals surface area contributed by atoms with Crippen molar-refractivity contribution in [2.75, 3.05) is 5.32 Å². The standard InChI is InChI=1S/C20H21NO4/c1-12-10-15(25-13(2)14-6-4-3-5-7-14)8-9-18(12)21-19(22)16-11-17(16)20(23)24/h3-10,13,16-17H,11H2,1-2H3,(H,21,22)(H,23,24). The van der Waals surface area contributed by atoms with Crippen molar-refractivity contribution < 1.29 is 19.4 Å². The van der Waals surface area contributed by atoms with Gasteiger partial charge in [0.25, 0.3) is 0 Å². The van der Waals surface area contributed by atoms with E-state index in [1.165, 1.54) is 0 Å². The Balaban J connectivity index is 1.63. The second-order valence-electron chi connectivity index (χ2n) is 6.42. The first-order chi connectivity index (χ1) is 12.0. The SMILES string of the molecule is Cc1cc(OC(C)c2ccccc2)ccc1NC(=O)C1CC1C(=O)O. The minimum atomic E-state index is -0.907. The van der Waals surface area contributed by atoms with Gasteiger partial charge in [-0.1, -0.05) is 30.3 Å². The van der Waals surface area contributed by atoms with Crippen LogP contribution in [0.2, 0.25) is 0 Å². The monoisotopic (exact) mass is 339 g/mol. The molecule has 0 saturated heterocycles. The third kappa shape index (κ3) is 3.99. The molecular formula is C20H21NO4. The van der Waals surface area contributed by atoms with Crippen molar-refractivity contribution >= 4 is 17.6 Å². The van der Waals surface area contributed by atoms with E-state index in [-0.39, 0.29) is 12.0 Å². The molecule has 2 aromatic carbocycles. The van der Waals surface area contributed by atoms with Gasteiger partial charge < -0.3 is 15.2 Å². The maximum Gasteiger partial charge on any atom is 0.307 e. The Kier molecular flexibility index (Phi) is 4.74. The topological polar surface area (TPSA) is 75.6 Å². The largest absolute Gasteiger partial charge is 0.486 e. The third-order valence-electron chi connectivity index (χ3n) is 4.48. The summed E-state index contributed by atoms with van der Waals surface area (Å²) < 4.78 is 5.96. The van der Waals surface area contributed by atoms with Crippen LogP contribution in [0.25, 0.3) is 0 Å². The van der Waals surface area contributed by atoms with Crippen LogP contribution in [-0.2, 0) is 9.59 Å². The van der Waals surface area contributed by atoms with Gasteiger partial charge in [0.05, 0.1) is 11.8 Å². The van der Waals surface area contributed by atoms with E-state index < -0.39 is 17.8 Å². The number of carbonyl (C=O) groups excluding carboxylic acids is 1. The van der Waals surface area contributed by atoms with Crippen molar-refractivity contribution in [2.24, 2.45) is 11.8 Å². The lowest BCUT2D eigenvalue weighted by molar-refractivity contribution is -0.139. The molecule has 1 amide bonds. The van der Waals surface area contributed by atoms with Crippen molar-refractivity contribution in [3.63, 3.8) is 0 Å². The fourth-order valence-electron chi connectivity index (χ4n) is 2.83. The number of amides is 1. The molecule has 25 heavy (non-hydrogen) atoms. The Labute approximate surface area is 146 Å². The van der Waals surface area contributed by atoms with Crippen LogP contribution in [0.5, 0.6) is 5.75 Å². The summed E-state index contributed by atoms with van der Waals surface area (Å²) in [6, 6.07) is 15.4. The number of carbonyl (C=O) groups is 2. The Morgan fingerprint density at radius 3 is 2.48 bits per heavy atom. The van der Waals surface area contributed by atoms with E-state index in [4.69, 9.17) is 9.84 Å². The summed E-state index contributed by atoms with van der Waals surface area (Å²) in [5.41, 5.74) is 2.64. The van der Waals surface area contributed by atoms with Gasteiger partial charge in [-0.15, -0.1) is 0 Å². The van der Waals surface area contributed by atoms with Gasteiger partial charge in [0.1, 0.15) is 11.9 Å². The number of rotatable bonds is 6. The second-order valence-corrected chi connectivity index (χ2v) is 6.42. The Hall–Kier alpha value is -2.82. The lowest BCUT2D eigenvalue weighted by Crippen LogP contribution is -2.17. The van der Waals surface area contributed by atoms with Crippen LogP contribution in [0.4, 0.5) is 5.69 Å². The van der Waals surface area contributed by atoms with Crippen molar-refractivity contribution in [2.45, 2.75) is 26.4 Å². The number of aliphatic carboxylic acids is 1. The number of benzene rings is 2. The van der Waals surface area contributed by atoms with E-state index >= 15 is 0 Å². The highest BCUT2D eigenvalue weighted by Gasteiger charge is 2.48. The summed E-state index contributed by atoms with van der Waals surface area (Å²) >= 11 is 0. The molecule has 0 spiro atoms. The van der Waals surface area contributed by atoms with Gasteiger partial charge in [-0.05, 0) is 49.6 Å². The number of carboxylic acids is 1. The zero-order valence-electron chi connectivity index (χ0n) is 14.2. The van der Waals surface area contributed by atoms with Crippen LogP contribution in [-0.4, -0.2) is 17.0 Å². The fraction of sp³-hybridized carbons (Fsp3) is 0.300. The van der Waals surface area contributed by atoms with Crippen LogP contribution >= 0.6 is 0 Å². The summed E-state index contributed by atoms with van der Waals surface area (Å²) in [4.78, 5) is 22.9. The number of hydrogen-bond acceptors (Lipinski definition) is 3. The number of anilines is 1. The number of aryl methyl sites for hydroxylation is 1. The zero-order chi connectivity index (χ0) is 18.0. The Bertz CT molecular complexity index is 788. The third-order valence-corrected chi connectivity index (χ3v) is 4.48. The van der Waals surface area contributed by atoms with Gasteiger partial charge in [0.15, 0.2) is 0 Å². The van der Waals surface area contributed by atoms with E-state index in [2.05, 4.69) is 5.32 Å². The van der Waals surface area contributed by atoms with E-state index in [0.717, 1.165) is 16.9 Å². The summed E-state index contributed by atoms with van der Waals surface area (Å²) in [5.74, 6) is -1.39. The molecule has 2 N–H and O–H groups in total. The number of hydrogen-bond donors (Lipinski definition) is 2. The molecule has 1 saturated carbocycles. The fourth-order valence-corrected chi connectivity index (χ4v) is 2.83. The van der Waals surface area contributed by atoms with Crippen LogP contribution in [0.1, 0.15) is 30.6 Å². The van der Waals surface area contributed by atoms with Crippen LogP contribution in [0, 0.1) is 18.8 Å². The maximum absolute atomic E-state index is 12.1. The molecule has 0 bridgehead atoms. The Morgan fingerprint density at radius 2 is 1.88 bits per heavy atom. The van der Waals surface area contributed by atoms with Gasteiger partial charge in [-0.2, -0.15) is 0 Å². The summed E-state index contributed by atoms with van der Waals surface area (Å²) in [7, 11) is 0. The highest BCUT2D eigenvalue weighted by atomic mass is 16.5. The summed E-state index contributed by atoms with van der Waals surface area (Å²) in [6.45, 7) is 3.87. The molecule has 3 unspecified atom stereocenters. The molecule has 130 valence electrons. The van der Waals surface area contributed by atoms with Crippen LogP contribution < -0.4 is 10.1 Å². The van der Waals surface area contributed by atoms with Gasteiger partial charge in [-0.3, -0.25) is 9.59 Å². The Morgan fingerprint density at radius 1 is 1.16 bits per heavy atom. The first kappa shape index (κ1) is 17.0. The zero-order valence-corrected chi connectivity index (χ0v) is 14.2. The smallest absolute Gasteiger partial charge is 0.307 e. The minimum Gasteiger partial charge on any atom is -0.486 e. The molecule has 5 nitrogen and oxygen atoms in total. The van der Waals surface area contributed by atoms with Gasteiger partial charge in [-0.25, -0.2) is 0 Å². The normalized spacial score (nSPS) is 19.8. The van der Waals surface area contributed by atoms with Gasteiger partial charge in [0.2, 0.25) is 5.91 Å². The summed E-state index contributed by atoms with van der Waals surface area (Å²) in [5, 5.41) is 11.7. The molecule has 5 heteroatoms. The highest BCUT2D eigenvalue weighted by molar-refractivity contribution is 5.98. The molecule has 0 aliphatic heterocycles. The molecule has 1 aliphatic carbocycles. The van der Waals surface area contributed by atoms with Crippen LogP contribution in [0.3, 0.4) is 0 Å². The predicted molar refractivity (Wildman–Crippen MR) is 94.5 cm³/mol. The molecule has 1 aliphatic rings. The molecule has 0 aromatic heterocycles. The quantitative estimate of drug-likeness (QED) is 0.839. The van der Waals surface area contributed by atoms with E-state index in [0.29, 0.717) is 12.1 Å². The molecule has 0 radical (unpaired) electrons. The average Bonchev–Trinajstić information content (AvgIpc) is 3.39. The lowest BCUT2D eigenvalue weighted by Gasteiger charge is -2.16.